The third-order valence-electron chi connectivity index (χ3n) is 4.69. The summed E-state index contributed by atoms with van der Waals surface area (Å²) in [5, 5.41) is 13.5. The van der Waals surface area contributed by atoms with E-state index in [-0.39, 0.29) is 18.0 Å². The number of aromatic nitrogens is 2. The highest BCUT2D eigenvalue weighted by atomic mass is 16.3. The van der Waals surface area contributed by atoms with E-state index in [1.165, 1.54) is 18.9 Å². The fourth-order valence-electron chi connectivity index (χ4n) is 3.54. The molecule has 120 valence electrons. The summed E-state index contributed by atoms with van der Waals surface area (Å²) in [6.45, 7) is 2.14. The van der Waals surface area contributed by atoms with E-state index in [0.29, 0.717) is 0 Å². The number of imidazole rings is 1. The molecule has 1 aliphatic heterocycles. The first-order chi connectivity index (χ1) is 10.7. The number of aliphatic hydroxyl groups excluding tert-OH is 1. The van der Waals surface area contributed by atoms with Gasteiger partial charge in [0.2, 0.25) is 5.91 Å². The minimum atomic E-state index is -0.476. The monoisotopic (exact) mass is 304 g/mol. The van der Waals surface area contributed by atoms with Crippen LogP contribution in [-0.2, 0) is 4.79 Å². The minimum Gasteiger partial charge on any atom is -0.389 e. The molecule has 22 heavy (non-hydrogen) atoms. The smallest absolute Gasteiger partial charge is 0.244 e. The number of aliphatic hydroxyl groups is 1. The normalized spacial score (nSPS) is 30.0. The molecule has 3 atom stereocenters. The Kier molecular flexibility index (Phi) is 4.90. The SMILES string of the molecule is O=C(/C=C/c1cnc[nH]1)N[C@@H]1CCC[C@@H](N2CCCC2)[C@@H]1O. The zero-order valence-corrected chi connectivity index (χ0v) is 12.7. The Labute approximate surface area is 130 Å². The van der Waals surface area contributed by atoms with E-state index in [4.69, 9.17) is 0 Å². The number of carbonyl (C=O) groups is 1. The van der Waals surface area contributed by atoms with Crippen molar-refractivity contribution in [1.82, 2.24) is 20.2 Å². The predicted molar refractivity (Wildman–Crippen MR) is 84.0 cm³/mol. The fraction of sp³-hybridized carbons (Fsp3) is 0.625. The van der Waals surface area contributed by atoms with Gasteiger partial charge in [0.05, 0.1) is 30.4 Å². The molecule has 0 bridgehead atoms. The van der Waals surface area contributed by atoms with E-state index in [0.717, 1.165) is 38.0 Å². The Hall–Kier alpha value is -1.66. The highest BCUT2D eigenvalue weighted by Crippen LogP contribution is 2.26. The van der Waals surface area contributed by atoms with Crippen LogP contribution in [0, 0.1) is 0 Å². The lowest BCUT2D eigenvalue weighted by Gasteiger charge is -2.39. The number of H-pyrrole nitrogens is 1. The van der Waals surface area contributed by atoms with Crippen LogP contribution in [0.4, 0.5) is 0 Å². The fourth-order valence-corrected chi connectivity index (χ4v) is 3.54. The molecule has 6 heteroatoms. The van der Waals surface area contributed by atoms with Gasteiger partial charge in [-0.25, -0.2) is 4.98 Å². The number of nitrogens with zero attached hydrogens (tertiary/aromatic N) is 2. The van der Waals surface area contributed by atoms with Gasteiger partial charge in [-0.3, -0.25) is 9.69 Å². The topological polar surface area (TPSA) is 81.2 Å². The lowest BCUT2D eigenvalue weighted by molar-refractivity contribution is -0.119. The number of nitrogens with one attached hydrogen (secondary N) is 2. The van der Waals surface area contributed by atoms with Crippen molar-refractivity contribution >= 4 is 12.0 Å². The summed E-state index contributed by atoms with van der Waals surface area (Å²) in [5.41, 5.74) is 0.786. The molecule has 1 aromatic rings. The molecule has 1 aliphatic carbocycles. The van der Waals surface area contributed by atoms with Crippen molar-refractivity contribution in [2.24, 2.45) is 0 Å². The van der Waals surface area contributed by atoms with Crippen molar-refractivity contribution in [3.63, 3.8) is 0 Å². The third-order valence-corrected chi connectivity index (χ3v) is 4.69. The van der Waals surface area contributed by atoms with E-state index < -0.39 is 6.10 Å². The van der Waals surface area contributed by atoms with E-state index in [1.54, 1.807) is 18.6 Å². The summed E-state index contributed by atoms with van der Waals surface area (Å²) in [5.74, 6) is -0.166. The van der Waals surface area contributed by atoms with Gasteiger partial charge in [0.1, 0.15) is 0 Å². The quantitative estimate of drug-likeness (QED) is 0.723. The average molecular weight is 304 g/mol. The summed E-state index contributed by atoms with van der Waals surface area (Å²) in [6, 6.07) is 0.0383. The van der Waals surface area contributed by atoms with Crippen molar-refractivity contribution in [3.8, 4) is 0 Å². The van der Waals surface area contributed by atoms with Crippen LogP contribution in [0.15, 0.2) is 18.6 Å². The standard InChI is InChI=1S/C16H24N4O2/c21-15(7-6-12-10-17-11-18-12)19-13-4-3-5-14(16(13)22)20-8-1-2-9-20/h6-7,10-11,13-14,16,22H,1-5,8-9H2,(H,17,18)(H,19,21)/b7-6+/t13-,14-,16-/m1/s1. The largest absolute Gasteiger partial charge is 0.389 e. The summed E-state index contributed by atoms with van der Waals surface area (Å²) >= 11 is 0. The van der Waals surface area contributed by atoms with E-state index in [1.807, 2.05) is 0 Å². The van der Waals surface area contributed by atoms with E-state index in [9.17, 15) is 9.90 Å². The van der Waals surface area contributed by atoms with Crippen LogP contribution in [-0.4, -0.2) is 57.2 Å². The van der Waals surface area contributed by atoms with Gasteiger partial charge >= 0.3 is 0 Å². The van der Waals surface area contributed by atoms with Crippen LogP contribution >= 0.6 is 0 Å². The van der Waals surface area contributed by atoms with Gasteiger partial charge in [-0.05, 0) is 51.3 Å². The number of amides is 1. The van der Waals surface area contributed by atoms with Gasteiger partial charge in [-0.2, -0.15) is 0 Å². The summed E-state index contributed by atoms with van der Waals surface area (Å²) in [6.07, 6.45) is 11.3. The first-order valence-electron chi connectivity index (χ1n) is 8.13. The second-order valence-corrected chi connectivity index (χ2v) is 6.19. The van der Waals surface area contributed by atoms with Crippen LogP contribution in [0.2, 0.25) is 0 Å². The second kappa shape index (κ2) is 7.07. The summed E-state index contributed by atoms with van der Waals surface area (Å²) in [7, 11) is 0. The number of hydrogen-bond acceptors (Lipinski definition) is 4. The van der Waals surface area contributed by atoms with Crippen molar-refractivity contribution in [2.75, 3.05) is 13.1 Å². The predicted octanol–water partition coefficient (Wildman–Crippen LogP) is 0.917. The number of likely N-dealkylation sites (tertiary alicyclic amines) is 1. The number of carbonyl (C=O) groups excluding carboxylic acids is 1. The average Bonchev–Trinajstić information content (AvgIpc) is 3.20. The van der Waals surface area contributed by atoms with Crippen LogP contribution in [0.25, 0.3) is 6.08 Å². The first kappa shape index (κ1) is 15.2. The Morgan fingerprint density at radius 2 is 2.18 bits per heavy atom. The zero-order valence-electron chi connectivity index (χ0n) is 12.7. The van der Waals surface area contributed by atoms with Gasteiger partial charge in [-0.15, -0.1) is 0 Å². The Morgan fingerprint density at radius 1 is 1.36 bits per heavy atom. The summed E-state index contributed by atoms with van der Waals surface area (Å²) < 4.78 is 0. The molecule has 0 spiro atoms. The highest BCUT2D eigenvalue weighted by Gasteiger charge is 2.36. The lowest BCUT2D eigenvalue weighted by atomic mass is 9.87. The van der Waals surface area contributed by atoms with Gasteiger partial charge < -0.3 is 15.4 Å². The minimum absolute atomic E-state index is 0.154. The van der Waals surface area contributed by atoms with Crippen molar-refractivity contribution in [2.45, 2.75) is 50.3 Å². The Bertz CT molecular complexity index is 508. The maximum Gasteiger partial charge on any atom is 0.244 e. The molecule has 2 aliphatic rings. The second-order valence-electron chi connectivity index (χ2n) is 6.19. The maximum absolute atomic E-state index is 12.0. The molecule has 3 N–H and O–H groups in total. The van der Waals surface area contributed by atoms with Gasteiger partial charge in [0.25, 0.3) is 0 Å². The summed E-state index contributed by atoms with van der Waals surface area (Å²) in [4.78, 5) is 21.2. The molecule has 1 aromatic heterocycles. The molecule has 1 amide bonds. The van der Waals surface area contributed by atoms with Crippen LogP contribution in [0.5, 0.6) is 0 Å². The van der Waals surface area contributed by atoms with E-state index in [2.05, 4.69) is 20.2 Å². The molecule has 0 unspecified atom stereocenters. The number of hydrogen-bond donors (Lipinski definition) is 3. The van der Waals surface area contributed by atoms with E-state index >= 15 is 0 Å². The molecule has 3 rings (SSSR count). The Balaban J connectivity index is 1.55. The van der Waals surface area contributed by atoms with Crippen LogP contribution in [0.3, 0.4) is 0 Å². The van der Waals surface area contributed by atoms with Gasteiger partial charge in [-0.1, -0.05) is 0 Å². The first-order valence-corrected chi connectivity index (χ1v) is 8.13. The molecule has 0 aromatic carbocycles. The highest BCUT2D eigenvalue weighted by molar-refractivity contribution is 5.91. The molecule has 1 saturated heterocycles. The number of rotatable bonds is 4. The van der Waals surface area contributed by atoms with Gasteiger partial charge in [0, 0.05) is 12.1 Å². The molecular weight excluding hydrogens is 280 g/mol. The molecule has 2 heterocycles. The van der Waals surface area contributed by atoms with Crippen molar-refractivity contribution in [1.29, 1.82) is 0 Å². The Morgan fingerprint density at radius 3 is 2.91 bits per heavy atom. The molecule has 2 fully saturated rings. The lowest BCUT2D eigenvalue weighted by Crippen LogP contribution is -2.55. The van der Waals surface area contributed by atoms with Gasteiger partial charge in [0.15, 0.2) is 0 Å². The van der Waals surface area contributed by atoms with Crippen LogP contribution < -0.4 is 5.32 Å². The molecule has 0 radical (unpaired) electrons. The van der Waals surface area contributed by atoms with Crippen molar-refractivity contribution < 1.29 is 9.90 Å². The third kappa shape index (κ3) is 3.56. The zero-order chi connectivity index (χ0) is 15.4. The maximum atomic E-state index is 12.0. The molecule has 1 saturated carbocycles. The van der Waals surface area contributed by atoms with Crippen molar-refractivity contribution in [3.05, 3.63) is 24.3 Å². The molecule has 6 nitrogen and oxygen atoms in total. The molecular formula is C16H24N4O2. The van der Waals surface area contributed by atoms with Crippen LogP contribution in [0.1, 0.15) is 37.8 Å². The number of aromatic amines is 1.